The lowest BCUT2D eigenvalue weighted by Crippen LogP contribution is -2.33. The Morgan fingerprint density at radius 2 is 1.50 bits per heavy atom. The van der Waals surface area contributed by atoms with Gasteiger partial charge in [0.15, 0.2) is 13.2 Å². The molecule has 13 heteroatoms. The van der Waals surface area contributed by atoms with Crippen molar-refractivity contribution in [1.82, 2.24) is 0 Å². The van der Waals surface area contributed by atoms with E-state index in [0.29, 0.717) is 0 Å². The topological polar surface area (TPSA) is 193 Å². The minimum Gasteiger partial charge on any atom is -0.458 e. The second kappa shape index (κ2) is 9.94. The Hall–Kier alpha value is -3.04. The largest absolute Gasteiger partial charge is 0.458 e. The molecule has 0 saturated heterocycles. The SMILES string of the molecule is [N-]=[N+]=NCC(=O)OCC(COC(=O)CN=[N+]=[N-])[N+](=O)[O-]. The molecule has 108 valence electrons. The molecule has 0 aliphatic heterocycles. The molecule has 0 aliphatic carbocycles. The predicted octanol–water partition coefficient (Wildman–Crippen LogP) is 0.339. The minimum atomic E-state index is -1.47. The fourth-order valence-electron chi connectivity index (χ4n) is 0.818. The molecule has 20 heavy (non-hydrogen) atoms. The molecule has 0 aromatic heterocycles. The van der Waals surface area contributed by atoms with E-state index in [1.54, 1.807) is 0 Å². The van der Waals surface area contributed by atoms with Gasteiger partial charge in [-0.25, -0.2) is 0 Å². The van der Waals surface area contributed by atoms with Crippen molar-refractivity contribution < 1.29 is 24.0 Å². The molecule has 13 nitrogen and oxygen atoms in total. The number of hydrogen-bond acceptors (Lipinski definition) is 8. The minimum absolute atomic E-state index is 0.600. The van der Waals surface area contributed by atoms with Crippen LogP contribution in [-0.4, -0.2) is 49.2 Å². The highest BCUT2D eigenvalue weighted by molar-refractivity contribution is 5.72. The van der Waals surface area contributed by atoms with Gasteiger partial charge in [0.05, 0.1) is 0 Å². The Morgan fingerprint density at radius 3 is 1.80 bits per heavy atom. The van der Waals surface area contributed by atoms with Crippen LogP contribution >= 0.6 is 0 Å². The molecule has 0 aliphatic rings. The number of nitrogens with zero attached hydrogens (tertiary/aromatic N) is 7. The molecule has 0 rings (SSSR count). The van der Waals surface area contributed by atoms with E-state index in [1.165, 1.54) is 0 Å². The normalized spacial score (nSPS) is 10.4. The summed E-state index contributed by atoms with van der Waals surface area (Å²) in [6.45, 7) is -2.50. The average molecular weight is 287 g/mol. The van der Waals surface area contributed by atoms with Crippen molar-refractivity contribution >= 4 is 11.9 Å². The van der Waals surface area contributed by atoms with Gasteiger partial charge in [-0.05, 0) is 11.1 Å². The fraction of sp³-hybridized carbons (Fsp3) is 0.714. The van der Waals surface area contributed by atoms with Gasteiger partial charge in [-0.2, -0.15) is 0 Å². The zero-order chi connectivity index (χ0) is 15.4. The lowest BCUT2D eigenvalue weighted by Gasteiger charge is -2.09. The summed E-state index contributed by atoms with van der Waals surface area (Å²) < 4.78 is 8.92. The van der Waals surface area contributed by atoms with Gasteiger partial charge in [0, 0.05) is 14.7 Å². The van der Waals surface area contributed by atoms with E-state index in [-0.39, 0.29) is 0 Å². The first-order valence-corrected chi connectivity index (χ1v) is 4.97. The lowest BCUT2D eigenvalue weighted by atomic mass is 10.3. The van der Waals surface area contributed by atoms with E-state index in [0.717, 1.165) is 0 Å². The lowest BCUT2D eigenvalue weighted by molar-refractivity contribution is -0.528. The van der Waals surface area contributed by atoms with Crippen molar-refractivity contribution in [2.75, 3.05) is 26.3 Å². The predicted molar refractivity (Wildman–Crippen MR) is 60.7 cm³/mol. The molecule has 0 fully saturated rings. The van der Waals surface area contributed by atoms with E-state index >= 15 is 0 Å². The summed E-state index contributed by atoms with van der Waals surface area (Å²) in [5.74, 6) is -1.90. The van der Waals surface area contributed by atoms with Crippen LogP contribution in [0.2, 0.25) is 0 Å². The van der Waals surface area contributed by atoms with Crippen LogP contribution in [0.1, 0.15) is 0 Å². The standard InChI is InChI=1S/C7H9N7O6/c8-12-10-1-6(15)19-3-5(14(17)18)4-20-7(16)2-11-13-9/h5H,1-4H2. The van der Waals surface area contributed by atoms with Crippen LogP contribution in [0.15, 0.2) is 10.2 Å². The summed E-state index contributed by atoms with van der Waals surface area (Å²) in [6.07, 6.45) is 0. The van der Waals surface area contributed by atoms with Crippen LogP contribution in [0.5, 0.6) is 0 Å². The Balaban J connectivity index is 4.20. The monoisotopic (exact) mass is 287 g/mol. The van der Waals surface area contributed by atoms with Gasteiger partial charge in [-0.3, -0.25) is 19.7 Å². The smallest absolute Gasteiger partial charge is 0.311 e. The Bertz CT molecular complexity index is 430. The van der Waals surface area contributed by atoms with Crippen LogP contribution in [0, 0.1) is 10.1 Å². The first kappa shape index (κ1) is 17.0. The van der Waals surface area contributed by atoms with Crippen molar-refractivity contribution in [3.63, 3.8) is 0 Å². The van der Waals surface area contributed by atoms with Crippen molar-refractivity contribution in [2.45, 2.75) is 6.04 Å². The van der Waals surface area contributed by atoms with Crippen molar-refractivity contribution in [2.24, 2.45) is 10.2 Å². The number of nitro groups is 1. The third-order valence-corrected chi connectivity index (χ3v) is 1.70. The molecular weight excluding hydrogens is 278 g/mol. The second-order valence-corrected chi connectivity index (χ2v) is 3.08. The summed E-state index contributed by atoms with van der Waals surface area (Å²) in [5, 5.41) is 16.4. The molecule has 0 spiro atoms. The van der Waals surface area contributed by atoms with E-state index in [4.69, 9.17) is 11.1 Å². The number of azide groups is 2. The molecule has 0 heterocycles. The summed E-state index contributed by atoms with van der Waals surface area (Å²) in [4.78, 5) is 36.3. The van der Waals surface area contributed by atoms with Crippen LogP contribution in [0.4, 0.5) is 0 Å². The Labute approximate surface area is 110 Å². The summed E-state index contributed by atoms with van der Waals surface area (Å²) in [7, 11) is 0. The molecule has 0 saturated carbocycles. The number of ether oxygens (including phenoxy) is 2. The number of esters is 2. The third-order valence-electron chi connectivity index (χ3n) is 1.70. The van der Waals surface area contributed by atoms with Crippen LogP contribution < -0.4 is 0 Å². The number of rotatable bonds is 9. The van der Waals surface area contributed by atoms with Gasteiger partial charge in [-0.15, -0.1) is 0 Å². The van der Waals surface area contributed by atoms with Crippen LogP contribution in [0.25, 0.3) is 20.9 Å². The molecule has 0 aromatic carbocycles. The average Bonchev–Trinajstić information content (AvgIpc) is 2.42. The molecule has 0 bridgehead atoms. The van der Waals surface area contributed by atoms with E-state index in [1.807, 2.05) is 0 Å². The molecule has 0 atom stereocenters. The fourth-order valence-corrected chi connectivity index (χ4v) is 0.818. The van der Waals surface area contributed by atoms with Gasteiger partial charge >= 0.3 is 11.9 Å². The molecule has 0 amide bonds. The third kappa shape index (κ3) is 8.11. The highest BCUT2D eigenvalue weighted by Gasteiger charge is 2.24. The zero-order valence-corrected chi connectivity index (χ0v) is 9.99. The van der Waals surface area contributed by atoms with Gasteiger partial charge in [0.25, 0.3) is 6.04 Å². The van der Waals surface area contributed by atoms with E-state index in [9.17, 15) is 19.7 Å². The van der Waals surface area contributed by atoms with Gasteiger partial charge < -0.3 is 9.47 Å². The molecule has 0 unspecified atom stereocenters. The molecule has 0 aromatic rings. The molecule has 0 radical (unpaired) electrons. The second-order valence-electron chi connectivity index (χ2n) is 3.08. The maximum atomic E-state index is 10.9. The van der Waals surface area contributed by atoms with Crippen molar-refractivity contribution in [1.29, 1.82) is 0 Å². The van der Waals surface area contributed by atoms with Gasteiger partial charge in [0.1, 0.15) is 13.1 Å². The number of hydrogen-bond donors (Lipinski definition) is 0. The van der Waals surface area contributed by atoms with Crippen LogP contribution in [0.3, 0.4) is 0 Å². The first-order chi connectivity index (χ1) is 9.51. The zero-order valence-electron chi connectivity index (χ0n) is 9.99. The Kier molecular flexibility index (Phi) is 8.43. The summed E-state index contributed by atoms with van der Waals surface area (Å²) >= 11 is 0. The highest BCUT2D eigenvalue weighted by Crippen LogP contribution is 1.96. The first-order valence-electron chi connectivity index (χ1n) is 4.97. The van der Waals surface area contributed by atoms with Gasteiger partial charge in [-0.1, -0.05) is 10.2 Å². The van der Waals surface area contributed by atoms with Crippen LogP contribution in [-0.2, 0) is 19.1 Å². The highest BCUT2D eigenvalue weighted by atomic mass is 16.6. The van der Waals surface area contributed by atoms with Crippen molar-refractivity contribution in [3.05, 3.63) is 31.0 Å². The van der Waals surface area contributed by atoms with Gasteiger partial charge in [0.2, 0.25) is 0 Å². The molecule has 0 N–H and O–H groups in total. The quantitative estimate of drug-likeness (QED) is 0.146. The number of carbonyl (C=O) groups excluding carboxylic acids is 2. The number of carbonyl (C=O) groups is 2. The maximum absolute atomic E-state index is 10.9. The van der Waals surface area contributed by atoms with Crippen molar-refractivity contribution in [3.8, 4) is 0 Å². The Morgan fingerprint density at radius 1 is 1.10 bits per heavy atom. The maximum Gasteiger partial charge on any atom is 0.311 e. The summed E-state index contributed by atoms with van der Waals surface area (Å²) in [5.41, 5.74) is 15.9. The van der Waals surface area contributed by atoms with E-state index < -0.39 is 49.2 Å². The summed E-state index contributed by atoms with van der Waals surface area (Å²) in [6, 6.07) is -1.47. The van der Waals surface area contributed by atoms with E-state index in [2.05, 4.69) is 29.5 Å². The molecular formula is C7H9N7O6.